The highest BCUT2D eigenvalue weighted by molar-refractivity contribution is 14.0. The van der Waals surface area contributed by atoms with Crippen molar-refractivity contribution >= 4 is 40.8 Å². The van der Waals surface area contributed by atoms with E-state index in [0.29, 0.717) is 0 Å². The van der Waals surface area contributed by atoms with Crippen LogP contribution < -0.4 is 10.6 Å². The van der Waals surface area contributed by atoms with Gasteiger partial charge in [-0.25, -0.2) is 0 Å². The maximum atomic E-state index is 4.29. The molecular weight excluding hydrogens is 423 g/mol. The van der Waals surface area contributed by atoms with Crippen molar-refractivity contribution in [3.05, 3.63) is 71.4 Å². The first-order valence-electron chi connectivity index (χ1n) is 8.32. The first kappa shape index (κ1) is 19.3. The molecule has 0 amide bonds. The smallest absolute Gasteiger partial charge is 0.191 e. The van der Waals surface area contributed by atoms with Gasteiger partial charge in [0.05, 0.1) is 0 Å². The summed E-state index contributed by atoms with van der Waals surface area (Å²) in [6.45, 7) is 3.75. The Morgan fingerprint density at radius 1 is 1.04 bits per heavy atom. The molecule has 0 saturated carbocycles. The number of hydrogen-bond acceptors (Lipinski definition) is 1. The third-order valence-corrected chi connectivity index (χ3v) is 4.22. The normalized spacial score (nSPS) is 11.2. The second-order valence-electron chi connectivity index (χ2n) is 5.90. The summed E-state index contributed by atoms with van der Waals surface area (Å²) in [5, 5.41) is 8.03. The summed E-state index contributed by atoms with van der Waals surface area (Å²) in [6.07, 6.45) is 3.06. The number of H-pyrrole nitrogens is 1. The lowest BCUT2D eigenvalue weighted by atomic mass is 10.1. The van der Waals surface area contributed by atoms with Gasteiger partial charge in [-0.3, -0.25) is 4.99 Å². The molecule has 0 fully saturated rings. The molecule has 132 valence electrons. The molecule has 25 heavy (non-hydrogen) atoms. The minimum atomic E-state index is 0. The van der Waals surface area contributed by atoms with Gasteiger partial charge in [0.1, 0.15) is 0 Å². The minimum absolute atomic E-state index is 0. The lowest BCUT2D eigenvalue weighted by molar-refractivity contribution is 0.796. The summed E-state index contributed by atoms with van der Waals surface area (Å²) >= 11 is 0. The summed E-state index contributed by atoms with van der Waals surface area (Å²) in [7, 11) is 1.80. The lowest BCUT2D eigenvalue weighted by Gasteiger charge is -2.11. The van der Waals surface area contributed by atoms with Crippen molar-refractivity contribution < 1.29 is 0 Å². The first-order valence-corrected chi connectivity index (χ1v) is 8.32. The van der Waals surface area contributed by atoms with Gasteiger partial charge in [-0.1, -0.05) is 48.5 Å². The highest BCUT2D eigenvalue weighted by Crippen LogP contribution is 2.21. The predicted octanol–water partition coefficient (Wildman–Crippen LogP) is 4.00. The zero-order valence-electron chi connectivity index (χ0n) is 14.7. The van der Waals surface area contributed by atoms with Gasteiger partial charge in [-0.15, -0.1) is 24.0 Å². The van der Waals surface area contributed by atoms with Gasteiger partial charge in [0.25, 0.3) is 0 Å². The van der Waals surface area contributed by atoms with Gasteiger partial charge in [-0.05, 0) is 30.0 Å². The van der Waals surface area contributed by atoms with Crippen molar-refractivity contribution in [2.75, 3.05) is 13.6 Å². The third-order valence-electron chi connectivity index (χ3n) is 4.22. The average Bonchev–Trinajstić information content (AvgIpc) is 3.03. The van der Waals surface area contributed by atoms with Gasteiger partial charge >= 0.3 is 0 Å². The highest BCUT2D eigenvalue weighted by atomic mass is 127. The van der Waals surface area contributed by atoms with Crippen LogP contribution in [0.1, 0.15) is 16.7 Å². The van der Waals surface area contributed by atoms with Crippen LogP contribution in [0.5, 0.6) is 0 Å². The Balaban J connectivity index is 0.00000225. The lowest BCUT2D eigenvalue weighted by Crippen LogP contribution is -2.37. The molecule has 0 radical (unpaired) electrons. The number of nitrogens with zero attached hydrogens (tertiary/aromatic N) is 1. The molecule has 3 N–H and O–H groups in total. The van der Waals surface area contributed by atoms with E-state index < -0.39 is 0 Å². The maximum Gasteiger partial charge on any atom is 0.191 e. The summed E-state index contributed by atoms with van der Waals surface area (Å²) in [5.41, 5.74) is 5.10. The SMILES string of the molecule is CN=C(NCCc1c[nH]c2c(C)cccc12)NCc1ccccc1.I. The fourth-order valence-electron chi connectivity index (χ4n) is 2.89. The maximum absolute atomic E-state index is 4.29. The molecule has 0 spiro atoms. The molecule has 0 aliphatic heterocycles. The zero-order chi connectivity index (χ0) is 16.8. The Morgan fingerprint density at radius 3 is 2.60 bits per heavy atom. The Labute approximate surface area is 166 Å². The van der Waals surface area contributed by atoms with E-state index in [4.69, 9.17) is 0 Å². The molecule has 1 aromatic heterocycles. The number of para-hydroxylation sites is 1. The predicted molar refractivity (Wildman–Crippen MR) is 117 cm³/mol. The quantitative estimate of drug-likeness (QED) is 0.314. The summed E-state index contributed by atoms with van der Waals surface area (Å²) in [4.78, 5) is 7.67. The second-order valence-corrected chi connectivity index (χ2v) is 5.90. The number of halogens is 1. The zero-order valence-corrected chi connectivity index (χ0v) is 17.0. The van der Waals surface area contributed by atoms with Gasteiger partial charge in [-0.2, -0.15) is 0 Å². The molecule has 5 heteroatoms. The van der Waals surface area contributed by atoms with Gasteiger partial charge in [0.2, 0.25) is 0 Å². The number of nitrogens with one attached hydrogen (secondary N) is 3. The average molecular weight is 448 g/mol. The van der Waals surface area contributed by atoms with Crippen LogP contribution in [0.25, 0.3) is 10.9 Å². The van der Waals surface area contributed by atoms with Gasteiger partial charge < -0.3 is 15.6 Å². The van der Waals surface area contributed by atoms with Crippen LogP contribution in [0.2, 0.25) is 0 Å². The minimum Gasteiger partial charge on any atom is -0.361 e. The second kappa shape index (κ2) is 9.46. The Bertz CT molecular complexity index is 824. The monoisotopic (exact) mass is 448 g/mol. The van der Waals surface area contributed by atoms with Crippen LogP contribution in [0.15, 0.2) is 59.7 Å². The fraction of sp³-hybridized carbons (Fsp3) is 0.250. The molecule has 0 aliphatic carbocycles. The first-order chi connectivity index (χ1) is 11.8. The van der Waals surface area contributed by atoms with Crippen molar-refractivity contribution in [2.24, 2.45) is 4.99 Å². The van der Waals surface area contributed by atoms with Crippen molar-refractivity contribution in [3.63, 3.8) is 0 Å². The van der Waals surface area contributed by atoms with Crippen molar-refractivity contribution in [3.8, 4) is 0 Å². The van der Waals surface area contributed by atoms with Crippen LogP contribution in [0.4, 0.5) is 0 Å². The molecule has 0 unspecified atom stereocenters. The Hall–Kier alpha value is -2.02. The largest absolute Gasteiger partial charge is 0.361 e. The van der Waals surface area contributed by atoms with E-state index in [1.165, 1.54) is 27.6 Å². The Kier molecular flexibility index (Phi) is 7.31. The summed E-state index contributed by atoms with van der Waals surface area (Å²) in [5.74, 6) is 0.829. The molecule has 0 atom stereocenters. The number of aromatic nitrogens is 1. The highest BCUT2D eigenvalue weighted by Gasteiger charge is 2.05. The van der Waals surface area contributed by atoms with E-state index >= 15 is 0 Å². The number of aromatic amines is 1. The number of aryl methyl sites for hydroxylation is 1. The molecule has 4 nitrogen and oxygen atoms in total. The van der Waals surface area contributed by atoms with Crippen LogP contribution in [0.3, 0.4) is 0 Å². The van der Waals surface area contributed by atoms with Crippen molar-refractivity contribution in [2.45, 2.75) is 19.9 Å². The number of hydrogen-bond donors (Lipinski definition) is 3. The van der Waals surface area contributed by atoms with E-state index in [0.717, 1.165) is 25.5 Å². The van der Waals surface area contributed by atoms with Crippen LogP contribution in [0, 0.1) is 6.92 Å². The molecule has 0 aliphatic rings. The summed E-state index contributed by atoms with van der Waals surface area (Å²) < 4.78 is 0. The molecule has 0 saturated heterocycles. The Morgan fingerprint density at radius 2 is 1.84 bits per heavy atom. The van der Waals surface area contributed by atoms with Crippen molar-refractivity contribution in [1.82, 2.24) is 15.6 Å². The fourth-order valence-corrected chi connectivity index (χ4v) is 2.89. The van der Waals surface area contributed by atoms with E-state index in [9.17, 15) is 0 Å². The third kappa shape index (κ3) is 4.98. The molecule has 3 rings (SSSR count). The molecule has 2 aromatic carbocycles. The summed E-state index contributed by atoms with van der Waals surface area (Å²) in [6, 6.07) is 16.8. The standard InChI is InChI=1S/C20H24N4.HI/c1-15-7-6-10-18-17(14-23-19(15)18)11-12-22-20(21-2)24-13-16-8-4-3-5-9-16;/h3-10,14,23H,11-13H2,1-2H3,(H2,21,22,24);1H. The van der Waals surface area contributed by atoms with Crippen LogP contribution >= 0.6 is 24.0 Å². The number of rotatable bonds is 5. The van der Waals surface area contributed by atoms with Crippen molar-refractivity contribution in [1.29, 1.82) is 0 Å². The molecule has 0 bridgehead atoms. The van der Waals surface area contributed by atoms with E-state index in [1.807, 2.05) is 18.2 Å². The molecule has 3 aromatic rings. The number of aliphatic imine (C=N–C) groups is 1. The van der Waals surface area contributed by atoms with Gasteiger partial charge in [0.15, 0.2) is 5.96 Å². The number of fused-ring (bicyclic) bond motifs is 1. The number of benzene rings is 2. The topological polar surface area (TPSA) is 52.2 Å². The van der Waals surface area contributed by atoms with Crippen LogP contribution in [-0.2, 0) is 13.0 Å². The molecular formula is C20H25IN4. The van der Waals surface area contributed by atoms with E-state index in [1.54, 1.807) is 7.05 Å². The molecule has 1 heterocycles. The van der Waals surface area contributed by atoms with Crippen LogP contribution in [-0.4, -0.2) is 24.5 Å². The van der Waals surface area contributed by atoms with E-state index in [2.05, 4.69) is 64.1 Å². The number of guanidine groups is 1. The van der Waals surface area contributed by atoms with E-state index in [-0.39, 0.29) is 24.0 Å². The van der Waals surface area contributed by atoms with Gasteiger partial charge in [0, 0.05) is 37.2 Å².